The minimum Gasteiger partial charge on any atom is -0.303 e. The third-order valence-electron chi connectivity index (χ3n) is 4.77. The Kier molecular flexibility index (Phi) is 5.54. The normalized spacial score (nSPS) is 17.4. The van der Waals surface area contributed by atoms with E-state index < -0.39 is 10.0 Å². The van der Waals surface area contributed by atoms with Crippen molar-refractivity contribution in [2.75, 3.05) is 25.9 Å². The second kappa shape index (κ2) is 7.64. The summed E-state index contributed by atoms with van der Waals surface area (Å²) in [5, 5.41) is 2.67. The van der Waals surface area contributed by atoms with Crippen LogP contribution >= 0.6 is 0 Å². The van der Waals surface area contributed by atoms with E-state index in [1.807, 2.05) is 0 Å². The summed E-state index contributed by atoms with van der Waals surface area (Å²) in [6, 6.07) is 15.2. The molecule has 2 aromatic carbocycles. The van der Waals surface area contributed by atoms with Crippen LogP contribution in [0.4, 0.5) is 0 Å². The maximum atomic E-state index is 11.3. The fourth-order valence-corrected chi connectivity index (χ4v) is 4.42. The number of piperidine rings is 1. The number of nitrogens with one attached hydrogen (secondary N) is 1. The van der Waals surface area contributed by atoms with Gasteiger partial charge in [-0.2, -0.15) is 0 Å². The third kappa shape index (κ3) is 4.79. The highest BCUT2D eigenvalue weighted by Crippen LogP contribution is 2.20. The van der Waals surface area contributed by atoms with Crippen LogP contribution in [-0.2, 0) is 16.4 Å². The van der Waals surface area contributed by atoms with Crippen LogP contribution in [-0.4, -0.2) is 45.2 Å². The second-order valence-corrected chi connectivity index (χ2v) is 8.53. The predicted molar refractivity (Wildman–Crippen MR) is 99.7 cm³/mol. The third-order valence-corrected chi connectivity index (χ3v) is 5.53. The molecule has 5 heteroatoms. The second-order valence-electron chi connectivity index (χ2n) is 6.75. The highest BCUT2D eigenvalue weighted by atomic mass is 32.2. The number of fused-ring (bicyclic) bond motifs is 1. The summed E-state index contributed by atoms with van der Waals surface area (Å²) in [6.45, 7) is 3.03. The van der Waals surface area contributed by atoms with Crippen LogP contribution in [0.5, 0.6) is 0 Å². The Labute approximate surface area is 144 Å². The Bertz CT molecular complexity index is 776. The molecule has 0 unspecified atom stereocenters. The zero-order valence-corrected chi connectivity index (χ0v) is 15.1. The first-order chi connectivity index (χ1) is 11.5. The van der Waals surface area contributed by atoms with E-state index in [-0.39, 0.29) is 6.04 Å². The van der Waals surface area contributed by atoms with Gasteiger partial charge in [-0.25, -0.2) is 13.1 Å². The van der Waals surface area contributed by atoms with Gasteiger partial charge < -0.3 is 4.90 Å². The van der Waals surface area contributed by atoms with Crippen molar-refractivity contribution in [2.24, 2.45) is 0 Å². The maximum Gasteiger partial charge on any atom is 0.208 e. The zero-order chi connectivity index (χ0) is 17.0. The molecule has 0 saturated carbocycles. The summed E-state index contributed by atoms with van der Waals surface area (Å²) in [4.78, 5) is 2.45. The fraction of sp³-hybridized carbons (Fsp3) is 0.474. The molecule has 0 atom stereocenters. The van der Waals surface area contributed by atoms with Crippen LogP contribution in [0.2, 0.25) is 0 Å². The van der Waals surface area contributed by atoms with Crippen LogP contribution in [0.1, 0.15) is 24.8 Å². The molecule has 1 aliphatic rings. The van der Waals surface area contributed by atoms with E-state index in [2.05, 4.69) is 52.1 Å². The lowest BCUT2D eigenvalue weighted by molar-refractivity contribution is 0.205. The largest absolute Gasteiger partial charge is 0.303 e. The summed E-state index contributed by atoms with van der Waals surface area (Å²) >= 11 is 0. The molecule has 1 saturated heterocycles. The first kappa shape index (κ1) is 17.4. The van der Waals surface area contributed by atoms with Crippen LogP contribution in [0.15, 0.2) is 42.5 Å². The van der Waals surface area contributed by atoms with E-state index in [0.717, 1.165) is 45.3 Å². The monoisotopic (exact) mass is 346 g/mol. The van der Waals surface area contributed by atoms with Gasteiger partial charge in [-0.1, -0.05) is 42.5 Å². The Morgan fingerprint density at radius 3 is 2.54 bits per heavy atom. The molecule has 0 radical (unpaired) electrons. The smallest absolute Gasteiger partial charge is 0.208 e. The topological polar surface area (TPSA) is 49.4 Å². The zero-order valence-electron chi connectivity index (χ0n) is 14.2. The highest BCUT2D eigenvalue weighted by Gasteiger charge is 2.21. The molecular formula is C19H26N2O2S. The molecule has 1 aliphatic heterocycles. The summed E-state index contributed by atoms with van der Waals surface area (Å²) in [5.41, 5.74) is 1.42. The number of nitrogens with zero attached hydrogens (tertiary/aromatic N) is 1. The van der Waals surface area contributed by atoms with E-state index in [4.69, 9.17) is 0 Å². The molecule has 0 aromatic heterocycles. The van der Waals surface area contributed by atoms with Crippen LogP contribution in [0.25, 0.3) is 10.8 Å². The Hall–Kier alpha value is -1.43. The number of benzene rings is 2. The highest BCUT2D eigenvalue weighted by molar-refractivity contribution is 7.88. The van der Waals surface area contributed by atoms with Gasteiger partial charge in [0.15, 0.2) is 0 Å². The molecule has 3 rings (SSSR count). The number of rotatable bonds is 6. The van der Waals surface area contributed by atoms with Crippen molar-refractivity contribution in [1.29, 1.82) is 0 Å². The van der Waals surface area contributed by atoms with Crippen molar-refractivity contribution >= 4 is 20.8 Å². The maximum absolute atomic E-state index is 11.3. The molecular weight excluding hydrogens is 320 g/mol. The Morgan fingerprint density at radius 2 is 1.79 bits per heavy atom. The van der Waals surface area contributed by atoms with Gasteiger partial charge in [0, 0.05) is 6.04 Å². The van der Waals surface area contributed by atoms with E-state index in [0.29, 0.717) is 0 Å². The first-order valence-electron chi connectivity index (χ1n) is 8.67. The number of sulfonamides is 1. The lowest BCUT2D eigenvalue weighted by Gasteiger charge is -2.31. The molecule has 1 N–H and O–H groups in total. The number of hydrogen-bond donors (Lipinski definition) is 1. The number of hydrogen-bond acceptors (Lipinski definition) is 3. The van der Waals surface area contributed by atoms with Gasteiger partial charge in [-0.3, -0.25) is 0 Å². The standard InChI is InChI=1S/C19H26N2O2S/c1-24(22,23)20-18-11-14-21(15-12-18)13-5-9-17-8-4-7-16-6-2-3-10-19(16)17/h2-4,6-8,10,18,20H,5,9,11-15H2,1H3. The SMILES string of the molecule is CS(=O)(=O)NC1CCN(CCCc2cccc3ccccc23)CC1. The van der Waals surface area contributed by atoms with Gasteiger partial charge in [-0.05, 0) is 61.7 Å². The van der Waals surface area contributed by atoms with Gasteiger partial charge in [0.05, 0.1) is 6.26 Å². The van der Waals surface area contributed by atoms with E-state index in [1.54, 1.807) is 0 Å². The van der Waals surface area contributed by atoms with Crippen LogP contribution in [0, 0.1) is 0 Å². The van der Waals surface area contributed by atoms with Crippen LogP contribution < -0.4 is 4.72 Å². The number of likely N-dealkylation sites (tertiary alicyclic amines) is 1. The molecule has 2 aromatic rings. The minimum atomic E-state index is -3.08. The summed E-state index contributed by atoms with van der Waals surface area (Å²) < 4.78 is 25.3. The first-order valence-corrected chi connectivity index (χ1v) is 10.6. The average Bonchev–Trinajstić information content (AvgIpc) is 2.55. The van der Waals surface area contributed by atoms with E-state index >= 15 is 0 Å². The van der Waals surface area contributed by atoms with Crippen molar-refractivity contribution in [2.45, 2.75) is 31.7 Å². The van der Waals surface area contributed by atoms with Crippen molar-refractivity contribution in [1.82, 2.24) is 9.62 Å². The van der Waals surface area contributed by atoms with Gasteiger partial charge in [0.2, 0.25) is 10.0 Å². The lowest BCUT2D eigenvalue weighted by Crippen LogP contribution is -2.44. The van der Waals surface area contributed by atoms with Gasteiger partial charge in [0.1, 0.15) is 0 Å². The van der Waals surface area contributed by atoms with Crippen LogP contribution in [0.3, 0.4) is 0 Å². The van der Waals surface area contributed by atoms with Crippen molar-refractivity contribution in [3.8, 4) is 0 Å². The summed E-state index contributed by atoms with van der Waals surface area (Å²) in [5.74, 6) is 0. The predicted octanol–water partition coefficient (Wildman–Crippen LogP) is 2.79. The van der Waals surface area contributed by atoms with Gasteiger partial charge >= 0.3 is 0 Å². The van der Waals surface area contributed by atoms with E-state index in [9.17, 15) is 8.42 Å². The molecule has 4 nitrogen and oxygen atoms in total. The molecule has 1 fully saturated rings. The Balaban J connectivity index is 1.47. The molecule has 0 bridgehead atoms. The van der Waals surface area contributed by atoms with Gasteiger partial charge in [-0.15, -0.1) is 0 Å². The molecule has 0 amide bonds. The molecule has 24 heavy (non-hydrogen) atoms. The van der Waals surface area contributed by atoms with Crippen molar-refractivity contribution < 1.29 is 8.42 Å². The lowest BCUT2D eigenvalue weighted by atomic mass is 10.0. The minimum absolute atomic E-state index is 0.106. The Morgan fingerprint density at radius 1 is 1.08 bits per heavy atom. The summed E-state index contributed by atoms with van der Waals surface area (Å²) in [6.07, 6.45) is 5.27. The average molecular weight is 346 g/mol. The molecule has 0 aliphatic carbocycles. The molecule has 0 spiro atoms. The summed E-state index contributed by atoms with van der Waals surface area (Å²) in [7, 11) is -3.08. The van der Waals surface area contributed by atoms with E-state index in [1.165, 1.54) is 22.6 Å². The molecule has 1 heterocycles. The quantitative estimate of drug-likeness (QED) is 0.875. The number of aryl methyl sites for hydroxylation is 1. The van der Waals surface area contributed by atoms with Crippen molar-refractivity contribution in [3.63, 3.8) is 0 Å². The molecule has 130 valence electrons. The van der Waals surface area contributed by atoms with Crippen molar-refractivity contribution in [3.05, 3.63) is 48.0 Å². The fourth-order valence-electron chi connectivity index (χ4n) is 3.58. The van der Waals surface area contributed by atoms with Gasteiger partial charge in [0.25, 0.3) is 0 Å².